The van der Waals surface area contributed by atoms with Crippen molar-refractivity contribution in [1.82, 2.24) is 10.6 Å². The van der Waals surface area contributed by atoms with E-state index in [9.17, 15) is 13.6 Å². The van der Waals surface area contributed by atoms with Gasteiger partial charge in [0.2, 0.25) is 5.91 Å². The number of hydrogen-bond donors (Lipinski definition) is 2. The maximum Gasteiger partial charge on any atom is 0.237 e. The fourth-order valence-corrected chi connectivity index (χ4v) is 2.04. The van der Waals surface area contributed by atoms with Gasteiger partial charge in [0.25, 0.3) is 0 Å². The second-order valence-electron chi connectivity index (χ2n) is 4.47. The van der Waals surface area contributed by atoms with E-state index in [1.54, 1.807) is 0 Å². The highest BCUT2D eigenvalue weighted by atomic mass is 19.2. The molecule has 1 aliphatic rings. The van der Waals surface area contributed by atoms with Gasteiger partial charge in [-0.2, -0.15) is 0 Å². The number of piperidine rings is 1. The number of carbonyl (C=O) groups excluding carboxylic acids is 1. The van der Waals surface area contributed by atoms with Crippen LogP contribution >= 0.6 is 0 Å². The maximum atomic E-state index is 13.0. The Morgan fingerprint density at radius 3 is 2.83 bits per heavy atom. The molecule has 18 heavy (non-hydrogen) atoms. The SMILES string of the molecule is O=C(NCc1ccc(F)c(F)c1)[C@H]1CCCCN1. The zero-order valence-corrected chi connectivity index (χ0v) is 10.0. The van der Waals surface area contributed by atoms with Crippen molar-refractivity contribution in [1.29, 1.82) is 0 Å². The summed E-state index contributed by atoms with van der Waals surface area (Å²) in [5, 5.41) is 5.85. The van der Waals surface area contributed by atoms with Gasteiger partial charge in [0.1, 0.15) is 0 Å². The van der Waals surface area contributed by atoms with Gasteiger partial charge in [0.15, 0.2) is 11.6 Å². The van der Waals surface area contributed by atoms with Crippen molar-refractivity contribution < 1.29 is 13.6 Å². The molecule has 1 heterocycles. The Morgan fingerprint density at radius 1 is 1.33 bits per heavy atom. The molecule has 1 atom stereocenters. The van der Waals surface area contributed by atoms with Crippen LogP contribution in [0.4, 0.5) is 8.78 Å². The van der Waals surface area contributed by atoms with Crippen LogP contribution in [0.15, 0.2) is 18.2 Å². The molecule has 0 bridgehead atoms. The lowest BCUT2D eigenvalue weighted by atomic mass is 10.0. The summed E-state index contributed by atoms with van der Waals surface area (Å²) in [5.41, 5.74) is 0.554. The third-order valence-corrected chi connectivity index (χ3v) is 3.08. The summed E-state index contributed by atoms with van der Waals surface area (Å²) in [6, 6.07) is 3.47. The summed E-state index contributed by atoms with van der Waals surface area (Å²) in [4.78, 5) is 11.8. The lowest BCUT2D eigenvalue weighted by Gasteiger charge is -2.22. The van der Waals surface area contributed by atoms with Gasteiger partial charge in [-0.25, -0.2) is 8.78 Å². The molecule has 0 aliphatic carbocycles. The minimum atomic E-state index is -0.891. The number of halogens is 2. The van der Waals surface area contributed by atoms with Crippen LogP contribution in [0.2, 0.25) is 0 Å². The highest BCUT2D eigenvalue weighted by Crippen LogP contribution is 2.10. The molecule has 1 amide bonds. The van der Waals surface area contributed by atoms with Gasteiger partial charge < -0.3 is 10.6 Å². The largest absolute Gasteiger partial charge is 0.351 e. The van der Waals surface area contributed by atoms with Crippen molar-refractivity contribution in [2.45, 2.75) is 31.8 Å². The van der Waals surface area contributed by atoms with Crippen LogP contribution in [0.3, 0.4) is 0 Å². The van der Waals surface area contributed by atoms with Crippen molar-refractivity contribution in [2.24, 2.45) is 0 Å². The summed E-state index contributed by atoms with van der Waals surface area (Å²) < 4.78 is 25.7. The summed E-state index contributed by atoms with van der Waals surface area (Å²) in [6.45, 7) is 1.07. The third-order valence-electron chi connectivity index (χ3n) is 3.08. The monoisotopic (exact) mass is 254 g/mol. The minimum absolute atomic E-state index is 0.0839. The molecule has 1 aliphatic heterocycles. The van der Waals surface area contributed by atoms with Crippen LogP contribution in [0.1, 0.15) is 24.8 Å². The van der Waals surface area contributed by atoms with E-state index < -0.39 is 11.6 Å². The van der Waals surface area contributed by atoms with E-state index in [4.69, 9.17) is 0 Å². The summed E-state index contributed by atoms with van der Waals surface area (Å²) in [6.07, 6.45) is 2.95. The molecule has 0 aromatic heterocycles. The molecule has 0 unspecified atom stereocenters. The normalized spacial score (nSPS) is 19.6. The Bertz CT molecular complexity index is 431. The second-order valence-corrected chi connectivity index (χ2v) is 4.47. The van der Waals surface area contributed by atoms with Gasteiger partial charge in [0, 0.05) is 6.54 Å². The van der Waals surface area contributed by atoms with Crippen LogP contribution in [-0.4, -0.2) is 18.5 Å². The van der Waals surface area contributed by atoms with Gasteiger partial charge in [-0.1, -0.05) is 12.5 Å². The van der Waals surface area contributed by atoms with E-state index >= 15 is 0 Å². The number of benzene rings is 1. The predicted octanol–water partition coefficient (Wildman–Crippen LogP) is 1.72. The van der Waals surface area contributed by atoms with Crippen LogP contribution in [-0.2, 0) is 11.3 Å². The molecule has 2 N–H and O–H groups in total. The molecule has 3 nitrogen and oxygen atoms in total. The predicted molar refractivity (Wildman–Crippen MR) is 63.8 cm³/mol. The van der Waals surface area contributed by atoms with Crippen molar-refractivity contribution >= 4 is 5.91 Å². The molecule has 0 spiro atoms. The Balaban J connectivity index is 1.86. The van der Waals surface area contributed by atoms with Crippen molar-refractivity contribution in [2.75, 3.05) is 6.54 Å². The molecular weight excluding hydrogens is 238 g/mol. The van der Waals surface area contributed by atoms with E-state index in [1.807, 2.05) is 0 Å². The number of nitrogens with one attached hydrogen (secondary N) is 2. The quantitative estimate of drug-likeness (QED) is 0.862. The molecule has 98 valence electrons. The Labute approximate surface area is 105 Å². The van der Waals surface area contributed by atoms with Gasteiger partial charge in [0.05, 0.1) is 6.04 Å². The average Bonchev–Trinajstić information content (AvgIpc) is 2.41. The van der Waals surface area contributed by atoms with Crippen molar-refractivity contribution in [3.63, 3.8) is 0 Å². The maximum absolute atomic E-state index is 13.0. The van der Waals surface area contributed by atoms with E-state index in [0.717, 1.165) is 37.9 Å². The Morgan fingerprint density at radius 2 is 2.17 bits per heavy atom. The van der Waals surface area contributed by atoms with Gasteiger partial charge in [-0.3, -0.25) is 4.79 Å². The summed E-state index contributed by atoms with van der Waals surface area (Å²) in [5.74, 6) is -1.85. The second kappa shape index (κ2) is 5.91. The number of hydrogen-bond acceptors (Lipinski definition) is 2. The number of amides is 1. The van der Waals surface area contributed by atoms with Crippen molar-refractivity contribution in [3.8, 4) is 0 Å². The number of rotatable bonds is 3. The molecule has 1 aromatic rings. The van der Waals surface area contributed by atoms with Crippen LogP contribution in [0, 0.1) is 11.6 Å². The molecule has 5 heteroatoms. The van der Waals surface area contributed by atoms with Gasteiger partial charge >= 0.3 is 0 Å². The first-order chi connectivity index (χ1) is 8.66. The van der Waals surface area contributed by atoms with Crippen LogP contribution in [0.5, 0.6) is 0 Å². The van der Waals surface area contributed by atoms with Crippen LogP contribution in [0.25, 0.3) is 0 Å². The standard InChI is InChI=1S/C13H16F2N2O/c14-10-5-4-9(7-11(10)15)8-17-13(18)12-3-1-2-6-16-12/h4-5,7,12,16H,1-3,6,8H2,(H,17,18)/t12-/m1/s1. The van der Waals surface area contributed by atoms with E-state index in [1.165, 1.54) is 6.07 Å². The number of carbonyl (C=O) groups is 1. The Kier molecular flexibility index (Phi) is 4.25. The van der Waals surface area contributed by atoms with Crippen molar-refractivity contribution in [3.05, 3.63) is 35.4 Å². The van der Waals surface area contributed by atoms with Gasteiger partial charge in [-0.15, -0.1) is 0 Å². The summed E-state index contributed by atoms with van der Waals surface area (Å²) >= 11 is 0. The molecular formula is C13H16F2N2O. The first-order valence-corrected chi connectivity index (χ1v) is 6.12. The van der Waals surface area contributed by atoms with Crippen LogP contribution < -0.4 is 10.6 Å². The van der Waals surface area contributed by atoms with Gasteiger partial charge in [-0.05, 0) is 37.1 Å². The molecule has 1 fully saturated rings. The highest BCUT2D eigenvalue weighted by molar-refractivity contribution is 5.81. The van der Waals surface area contributed by atoms with E-state index in [2.05, 4.69) is 10.6 Å². The minimum Gasteiger partial charge on any atom is -0.351 e. The van der Waals surface area contributed by atoms with E-state index in [0.29, 0.717) is 5.56 Å². The molecule has 1 saturated heterocycles. The highest BCUT2D eigenvalue weighted by Gasteiger charge is 2.19. The topological polar surface area (TPSA) is 41.1 Å². The molecule has 0 radical (unpaired) electrons. The molecule has 1 aromatic carbocycles. The zero-order valence-electron chi connectivity index (χ0n) is 10.0. The fourth-order valence-electron chi connectivity index (χ4n) is 2.04. The third kappa shape index (κ3) is 3.26. The lowest BCUT2D eigenvalue weighted by molar-refractivity contribution is -0.123. The average molecular weight is 254 g/mol. The smallest absolute Gasteiger partial charge is 0.237 e. The Hall–Kier alpha value is -1.49. The molecule has 0 saturated carbocycles. The molecule has 2 rings (SSSR count). The van der Waals surface area contributed by atoms with E-state index in [-0.39, 0.29) is 18.5 Å². The fraction of sp³-hybridized carbons (Fsp3) is 0.462. The summed E-state index contributed by atoms with van der Waals surface area (Å²) in [7, 11) is 0. The zero-order chi connectivity index (χ0) is 13.0. The first kappa shape index (κ1) is 13.0. The lowest BCUT2D eigenvalue weighted by Crippen LogP contribution is -2.46. The first-order valence-electron chi connectivity index (χ1n) is 6.12.